The SMILES string of the molecule is CSc1ccc2c(c1)C(N1CCN(CCN3CCOC3=O)CC1)CC2c1ccc(F)cc1. The minimum absolute atomic E-state index is 0.178. The van der Waals surface area contributed by atoms with E-state index >= 15 is 0 Å². The average Bonchev–Trinajstić information content (AvgIpc) is 3.41. The summed E-state index contributed by atoms with van der Waals surface area (Å²) in [6, 6.07) is 14.3. The summed E-state index contributed by atoms with van der Waals surface area (Å²) < 4.78 is 18.5. The highest BCUT2D eigenvalue weighted by Gasteiger charge is 2.36. The predicted octanol–water partition coefficient (Wildman–Crippen LogP) is 4.19. The summed E-state index contributed by atoms with van der Waals surface area (Å²) in [5, 5.41) is 0. The van der Waals surface area contributed by atoms with Crippen molar-refractivity contribution in [3.05, 3.63) is 65.0 Å². The van der Waals surface area contributed by atoms with E-state index in [0.29, 0.717) is 25.1 Å². The third kappa shape index (κ3) is 4.38. The number of ether oxygens (including phenoxy) is 1. The molecule has 170 valence electrons. The molecule has 1 aliphatic carbocycles. The summed E-state index contributed by atoms with van der Waals surface area (Å²) in [5.74, 6) is 0.130. The minimum atomic E-state index is -0.181. The van der Waals surface area contributed by atoms with E-state index in [9.17, 15) is 9.18 Å². The van der Waals surface area contributed by atoms with Crippen molar-refractivity contribution in [3.8, 4) is 0 Å². The number of carbonyl (C=O) groups is 1. The molecule has 0 N–H and O–H groups in total. The van der Waals surface area contributed by atoms with Crippen molar-refractivity contribution in [2.24, 2.45) is 0 Å². The Hall–Kier alpha value is -2.09. The highest BCUT2D eigenvalue weighted by Crippen LogP contribution is 2.47. The van der Waals surface area contributed by atoms with Crippen LogP contribution in [0.1, 0.15) is 35.1 Å². The third-order valence-corrected chi connectivity index (χ3v) is 7.86. The molecule has 2 aromatic carbocycles. The fourth-order valence-corrected chi connectivity index (χ4v) is 5.76. The maximum atomic E-state index is 13.5. The van der Waals surface area contributed by atoms with Gasteiger partial charge >= 0.3 is 6.09 Å². The zero-order valence-electron chi connectivity index (χ0n) is 18.5. The van der Waals surface area contributed by atoms with Gasteiger partial charge in [-0.3, -0.25) is 9.80 Å². The first-order valence-electron chi connectivity index (χ1n) is 11.4. The molecule has 0 spiro atoms. The summed E-state index contributed by atoms with van der Waals surface area (Å²) in [6.07, 6.45) is 2.99. The van der Waals surface area contributed by atoms with Crippen LogP contribution in [-0.4, -0.2) is 79.5 Å². The second kappa shape index (κ2) is 9.41. The fraction of sp³-hybridized carbons (Fsp3) is 0.480. The first-order valence-corrected chi connectivity index (χ1v) is 12.7. The van der Waals surface area contributed by atoms with E-state index in [1.54, 1.807) is 28.8 Å². The van der Waals surface area contributed by atoms with Crippen LogP contribution >= 0.6 is 11.8 Å². The lowest BCUT2D eigenvalue weighted by molar-refractivity contribution is 0.0892. The first kappa shape index (κ1) is 21.7. The quantitative estimate of drug-likeness (QED) is 0.611. The number of hydrogen-bond donors (Lipinski definition) is 0. The number of halogens is 1. The topological polar surface area (TPSA) is 36.0 Å². The van der Waals surface area contributed by atoms with Gasteiger partial charge in [-0.2, -0.15) is 0 Å². The second-order valence-corrected chi connectivity index (χ2v) is 9.71. The Labute approximate surface area is 193 Å². The van der Waals surface area contributed by atoms with Crippen molar-refractivity contribution in [1.29, 1.82) is 0 Å². The highest BCUT2D eigenvalue weighted by atomic mass is 32.2. The summed E-state index contributed by atoms with van der Waals surface area (Å²) in [4.78, 5) is 19.8. The molecule has 7 heteroatoms. The van der Waals surface area contributed by atoms with Crippen LogP contribution in [0.2, 0.25) is 0 Å². The smallest absolute Gasteiger partial charge is 0.409 e. The number of fused-ring (bicyclic) bond motifs is 1. The largest absolute Gasteiger partial charge is 0.448 e. The maximum Gasteiger partial charge on any atom is 0.409 e. The fourth-order valence-electron chi connectivity index (χ4n) is 5.31. The highest BCUT2D eigenvalue weighted by molar-refractivity contribution is 7.98. The zero-order chi connectivity index (χ0) is 22.1. The number of amides is 1. The number of rotatable bonds is 6. The van der Waals surface area contributed by atoms with Gasteiger partial charge in [0, 0.05) is 56.1 Å². The molecule has 2 aromatic rings. The van der Waals surface area contributed by atoms with Crippen LogP contribution in [0.15, 0.2) is 47.4 Å². The van der Waals surface area contributed by atoms with Gasteiger partial charge in [0.2, 0.25) is 0 Å². The van der Waals surface area contributed by atoms with Crippen LogP contribution in [0.25, 0.3) is 0 Å². The number of benzene rings is 2. The minimum Gasteiger partial charge on any atom is -0.448 e. The normalized spacial score (nSPS) is 24.1. The summed E-state index contributed by atoms with van der Waals surface area (Å²) >= 11 is 1.78. The van der Waals surface area contributed by atoms with Gasteiger partial charge < -0.3 is 9.64 Å². The molecule has 5 rings (SSSR count). The Bertz CT molecular complexity index is 962. The molecule has 0 saturated carbocycles. The molecule has 0 bridgehead atoms. The third-order valence-electron chi connectivity index (χ3n) is 7.14. The molecular weight excluding hydrogens is 425 g/mol. The van der Waals surface area contributed by atoms with Crippen LogP contribution in [0, 0.1) is 5.82 Å². The van der Waals surface area contributed by atoms with Crippen molar-refractivity contribution >= 4 is 17.9 Å². The molecule has 0 radical (unpaired) electrons. The number of nitrogens with zero attached hydrogens (tertiary/aromatic N) is 3. The van der Waals surface area contributed by atoms with Crippen LogP contribution in [0.3, 0.4) is 0 Å². The zero-order valence-corrected chi connectivity index (χ0v) is 19.3. The number of thioether (sulfide) groups is 1. The molecule has 2 atom stereocenters. The number of cyclic esters (lactones) is 1. The molecule has 2 unspecified atom stereocenters. The molecule has 2 fully saturated rings. The maximum absolute atomic E-state index is 13.5. The molecule has 1 amide bonds. The van der Waals surface area contributed by atoms with E-state index in [1.807, 2.05) is 12.1 Å². The average molecular weight is 456 g/mol. The Kier molecular flexibility index (Phi) is 6.40. The van der Waals surface area contributed by atoms with Crippen LogP contribution in [0.4, 0.5) is 9.18 Å². The monoisotopic (exact) mass is 455 g/mol. The Balaban J connectivity index is 1.27. The van der Waals surface area contributed by atoms with Crippen LogP contribution < -0.4 is 0 Å². The number of hydrogen-bond acceptors (Lipinski definition) is 5. The Morgan fingerprint density at radius 2 is 1.78 bits per heavy atom. The van der Waals surface area contributed by atoms with Crippen molar-refractivity contribution in [3.63, 3.8) is 0 Å². The Morgan fingerprint density at radius 3 is 2.47 bits per heavy atom. The van der Waals surface area contributed by atoms with E-state index in [4.69, 9.17) is 4.74 Å². The summed E-state index contributed by atoms with van der Waals surface area (Å²) in [7, 11) is 0. The molecule has 2 saturated heterocycles. The lowest BCUT2D eigenvalue weighted by Gasteiger charge is -2.39. The van der Waals surface area contributed by atoms with Gasteiger partial charge in [-0.25, -0.2) is 9.18 Å². The van der Waals surface area contributed by atoms with E-state index in [1.165, 1.54) is 21.6 Å². The molecule has 32 heavy (non-hydrogen) atoms. The van der Waals surface area contributed by atoms with Gasteiger partial charge in [-0.15, -0.1) is 11.8 Å². The van der Waals surface area contributed by atoms with Gasteiger partial charge in [0.15, 0.2) is 0 Å². The summed E-state index contributed by atoms with van der Waals surface area (Å²) in [5.41, 5.74) is 4.01. The van der Waals surface area contributed by atoms with E-state index in [0.717, 1.165) is 45.7 Å². The molecule has 0 aromatic heterocycles. The number of carbonyl (C=O) groups excluding carboxylic acids is 1. The van der Waals surface area contributed by atoms with Crippen molar-refractivity contribution in [2.45, 2.75) is 23.3 Å². The molecule has 3 aliphatic rings. The second-order valence-electron chi connectivity index (χ2n) is 8.83. The van der Waals surface area contributed by atoms with Gasteiger partial charge in [-0.1, -0.05) is 18.2 Å². The van der Waals surface area contributed by atoms with E-state index in [-0.39, 0.29) is 11.9 Å². The van der Waals surface area contributed by atoms with Gasteiger partial charge in [0.1, 0.15) is 12.4 Å². The lowest BCUT2D eigenvalue weighted by Crippen LogP contribution is -2.49. The molecule has 2 heterocycles. The van der Waals surface area contributed by atoms with Gasteiger partial charge in [-0.05, 0) is 53.6 Å². The van der Waals surface area contributed by atoms with Crippen molar-refractivity contribution in [1.82, 2.24) is 14.7 Å². The van der Waals surface area contributed by atoms with Crippen molar-refractivity contribution in [2.75, 3.05) is 58.7 Å². The van der Waals surface area contributed by atoms with Gasteiger partial charge in [0.05, 0.1) is 6.54 Å². The van der Waals surface area contributed by atoms with Crippen molar-refractivity contribution < 1.29 is 13.9 Å². The van der Waals surface area contributed by atoms with Crippen LogP contribution in [-0.2, 0) is 4.74 Å². The molecule has 5 nitrogen and oxygen atoms in total. The van der Waals surface area contributed by atoms with Crippen LogP contribution in [0.5, 0.6) is 0 Å². The molecular formula is C25H30FN3O2S. The van der Waals surface area contributed by atoms with E-state index < -0.39 is 0 Å². The van der Waals surface area contributed by atoms with Gasteiger partial charge in [0.25, 0.3) is 0 Å². The predicted molar refractivity (Wildman–Crippen MR) is 125 cm³/mol. The Morgan fingerprint density at radius 1 is 1.00 bits per heavy atom. The standard InChI is InChI=1S/C25H30FN3O2S/c1-32-20-6-7-21-22(18-2-4-19(26)5-3-18)17-24(23(21)16-20)28-11-8-27(9-12-28)10-13-29-14-15-31-25(29)30/h2-7,16,22,24H,8-15,17H2,1H3. The first-order chi connectivity index (χ1) is 15.6. The van der Waals surface area contributed by atoms with E-state index in [2.05, 4.69) is 34.3 Å². The summed E-state index contributed by atoms with van der Waals surface area (Å²) in [6.45, 7) is 6.94. The molecule has 2 aliphatic heterocycles. The lowest BCUT2D eigenvalue weighted by atomic mass is 9.93. The number of piperazine rings is 1.